The Balaban J connectivity index is 2.34. The molecule has 17 heavy (non-hydrogen) atoms. The summed E-state index contributed by atoms with van der Waals surface area (Å²) in [6, 6.07) is 15.7. The Morgan fingerprint density at radius 3 is 2.18 bits per heavy atom. The number of benzene rings is 2. The molecule has 0 atom stereocenters. The maximum atomic E-state index is 12.0. The van der Waals surface area contributed by atoms with E-state index in [1.807, 2.05) is 6.07 Å². The fraction of sp³-hybridized carbons (Fsp3) is 0. The SMILES string of the molecule is N=C(C(=O)c1ccccc1)c1ccccc1N. The van der Waals surface area contributed by atoms with Crippen LogP contribution in [0.1, 0.15) is 15.9 Å². The first-order valence-electron chi connectivity index (χ1n) is 5.23. The van der Waals surface area contributed by atoms with Crippen LogP contribution in [-0.2, 0) is 0 Å². The van der Waals surface area contributed by atoms with Crippen LogP contribution in [0.3, 0.4) is 0 Å². The lowest BCUT2D eigenvalue weighted by molar-refractivity contribution is 0.106. The number of hydrogen-bond acceptors (Lipinski definition) is 3. The topological polar surface area (TPSA) is 66.9 Å². The monoisotopic (exact) mass is 224 g/mol. The predicted molar refractivity (Wildman–Crippen MR) is 68.5 cm³/mol. The van der Waals surface area contributed by atoms with Gasteiger partial charge in [0.2, 0.25) is 5.78 Å². The van der Waals surface area contributed by atoms with Gasteiger partial charge in [0.05, 0.1) is 0 Å². The molecule has 2 aromatic carbocycles. The Hall–Kier alpha value is -2.42. The molecule has 3 nitrogen and oxygen atoms in total. The predicted octanol–water partition coefficient (Wildman–Crippen LogP) is 2.52. The summed E-state index contributed by atoms with van der Waals surface area (Å²) >= 11 is 0. The molecule has 0 unspecified atom stereocenters. The number of anilines is 1. The van der Waals surface area contributed by atoms with Crippen molar-refractivity contribution >= 4 is 17.2 Å². The number of nitrogens with one attached hydrogen (secondary N) is 1. The van der Waals surface area contributed by atoms with E-state index in [2.05, 4.69) is 0 Å². The standard InChI is InChI=1S/C14H12N2O/c15-12-9-5-4-8-11(12)13(16)14(17)10-6-2-1-3-7-10/h1-9,16H,15H2. The molecule has 0 saturated carbocycles. The molecule has 0 heterocycles. The highest BCUT2D eigenvalue weighted by Gasteiger charge is 2.15. The van der Waals surface area contributed by atoms with E-state index in [1.165, 1.54) is 0 Å². The van der Waals surface area contributed by atoms with Gasteiger partial charge >= 0.3 is 0 Å². The molecule has 0 fully saturated rings. The van der Waals surface area contributed by atoms with E-state index < -0.39 is 0 Å². The van der Waals surface area contributed by atoms with Gasteiger partial charge in [-0.15, -0.1) is 0 Å². The van der Waals surface area contributed by atoms with Gasteiger partial charge in [-0.25, -0.2) is 0 Å². The first-order chi connectivity index (χ1) is 8.20. The number of para-hydroxylation sites is 1. The lowest BCUT2D eigenvalue weighted by Crippen LogP contribution is -2.16. The molecular formula is C14H12N2O. The van der Waals surface area contributed by atoms with E-state index in [-0.39, 0.29) is 11.5 Å². The number of nitrogens with two attached hydrogens (primary N) is 1. The molecule has 0 aliphatic heterocycles. The second-order valence-corrected chi connectivity index (χ2v) is 3.66. The van der Waals surface area contributed by atoms with Gasteiger partial charge in [0, 0.05) is 16.8 Å². The fourth-order valence-electron chi connectivity index (χ4n) is 1.58. The van der Waals surface area contributed by atoms with Crippen LogP contribution in [0, 0.1) is 5.41 Å². The second kappa shape index (κ2) is 4.61. The molecule has 0 saturated heterocycles. The van der Waals surface area contributed by atoms with Crippen LogP contribution in [0.5, 0.6) is 0 Å². The van der Waals surface area contributed by atoms with E-state index in [1.54, 1.807) is 48.5 Å². The van der Waals surface area contributed by atoms with Crippen molar-refractivity contribution in [1.29, 1.82) is 5.41 Å². The molecule has 0 aliphatic rings. The molecule has 0 aliphatic carbocycles. The Morgan fingerprint density at radius 1 is 0.941 bits per heavy atom. The molecule has 84 valence electrons. The van der Waals surface area contributed by atoms with Gasteiger partial charge in [-0.3, -0.25) is 10.2 Å². The summed E-state index contributed by atoms with van der Waals surface area (Å²) in [5.41, 5.74) is 7.09. The third-order valence-electron chi connectivity index (χ3n) is 2.49. The number of carbonyl (C=O) groups is 1. The smallest absolute Gasteiger partial charge is 0.211 e. The molecule has 0 aromatic heterocycles. The number of ketones is 1. The quantitative estimate of drug-likeness (QED) is 0.478. The third-order valence-corrected chi connectivity index (χ3v) is 2.49. The van der Waals surface area contributed by atoms with E-state index in [0.29, 0.717) is 16.8 Å². The van der Waals surface area contributed by atoms with Crippen LogP contribution < -0.4 is 5.73 Å². The minimum Gasteiger partial charge on any atom is -0.398 e. The number of rotatable bonds is 3. The van der Waals surface area contributed by atoms with Crippen molar-refractivity contribution in [2.24, 2.45) is 0 Å². The average molecular weight is 224 g/mol. The van der Waals surface area contributed by atoms with Crippen molar-refractivity contribution in [3.8, 4) is 0 Å². The molecule has 3 N–H and O–H groups in total. The van der Waals surface area contributed by atoms with Gasteiger partial charge in [-0.1, -0.05) is 48.5 Å². The Bertz CT molecular complexity index is 561. The zero-order chi connectivity index (χ0) is 12.3. The normalized spacial score (nSPS) is 9.88. The maximum Gasteiger partial charge on any atom is 0.211 e. The molecule has 2 rings (SSSR count). The maximum absolute atomic E-state index is 12.0. The average Bonchev–Trinajstić information content (AvgIpc) is 2.39. The van der Waals surface area contributed by atoms with Gasteiger partial charge < -0.3 is 5.73 Å². The first kappa shape index (κ1) is 11.1. The molecule has 0 radical (unpaired) electrons. The summed E-state index contributed by atoms with van der Waals surface area (Å²) in [5.74, 6) is -0.316. The number of nitrogen functional groups attached to an aromatic ring is 1. The summed E-state index contributed by atoms with van der Waals surface area (Å²) in [7, 11) is 0. The second-order valence-electron chi connectivity index (χ2n) is 3.66. The van der Waals surface area contributed by atoms with Gasteiger partial charge in [0.15, 0.2) is 0 Å². The highest BCUT2D eigenvalue weighted by atomic mass is 16.1. The largest absolute Gasteiger partial charge is 0.398 e. The highest BCUT2D eigenvalue weighted by Crippen LogP contribution is 2.14. The van der Waals surface area contributed by atoms with Crippen LogP contribution in [0.2, 0.25) is 0 Å². The van der Waals surface area contributed by atoms with Crippen LogP contribution in [0.15, 0.2) is 54.6 Å². The van der Waals surface area contributed by atoms with Crippen molar-refractivity contribution < 1.29 is 4.79 Å². The minimum atomic E-state index is -0.316. The van der Waals surface area contributed by atoms with Crippen molar-refractivity contribution in [3.05, 3.63) is 65.7 Å². The summed E-state index contributed by atoms with van der Waals surface area (Å²) in [5, 5.41) is 7.88. The highest BCUT2D eigenvalue weighted by molar-refractivity contribution is 6.51. The third kappa shape index (κ3) is 2.23. The van der Waals surface area contributed by atoms with E-state index in [9.17, 15) is 4.79 Å². The molecule has 3 heteroatoms. The molecule has 2 aromatic rings. The number of Topliss-reactive ketones (excluding diaryl/α,β-unsaturated/α-hetero) is 1. The van der Waals surface area contributed by atoms with Crippen LogP contribution in [0.4, 0.5) is 5.69 Å². The summed E-state index contributed by atoms with van der Waals surface area (Å²) in [6.45, 7) is 0. The zero-order valence-electron chi connectivity index (χ0n) is 9.18. The Kier molecular flexibility index (Phi) is 3.01. The van der Waals surface area contributed by atoms with Gasteiger partial charge in [-0.05, 0) is 6.07 Å². The summed E-state index contributed by atoms with van der Waals surface area (Å²) in [4.78, 5) is 12.0. The molecular weight excluding hydrogens is 212 g/mol. The number of carbonyl (C=O) groups excluding carboxylic acids is 1. The van der Waals surface area contributed by atoms with Crippen LogP contribution >= 0.6 is 0 Å². The summed E-state index contributed by atoms with van der Waals surface area (Å²) in [6.07, 6.45) is 0. The van der Waals surface area contributed by atoms with Crippen molar-refractivity contribution in [2.45, 2.75) is 0 Å². The molecule has 0 amide bonds. The zero-order valence-corrected chi connectivity index (χ0v) is 9.18. The minimum absolute atomic E-state index is 0.0747. The van der Waals surface area contributed by atoms with Crippen LogP contribution in [0.25, 0.3) is 0 Å². The Labute approximate surface area is 99.4 Å². The summed E-state index contributed by atoms with van der Waals surface area (Å²) < 4.78 is 0. The first-order valence-corrected chi connectivity index (χ1v) is 5.23. The lowest BCUT2D eigenvalue weighted by atomic mass is 10.00. The van der Waals surface area contributed by atoms with Gasteiger partial charge in [0.1, 0.15) is 5.71 Å². The van der Waals surface area contributed by atoms with Gasteiger partial charge in [0.25, 0.3) is 0 Å². The van der Waals surface area contributed by atoms with Crippen molar-refractivity contribution in [2.75, 3.05) is 5.73 Å². The van der Waals surface area contributed by atoms with Crippen molar-refractivity contribution in [3.63, 3.8) is 0 Å². The van der Waals surface area contributed by atoms with E-state index in [0.717, 1.165) is 0 Å². The van der Waals surface area contributed by atoms with E-state index in [4.69, 9.17) is 11.1 Å². The molecule has 0 bridgehead atoms. The van der Waals surface area contributed by atoms with Gasteiger partial charge in [-0.2, -0.15) is 0 Å². The Morgan fingerprint density at radius 2 is 1.53 bits per heavy atom. The fourth-order valence-corrected chi connectivity index (χ4v) is 1.58. The van der Waals surface area contributed by atoms with Crippen molar-refractivity contribution in [1.82, 2.24) is 0 Å². The van der Waals surface area contributed by atoms with E-state index >= 15 is 0 Å². The molecule has 0 spiro atoms. The lowest BCUT2D eigenvalue weighted by Gasteiger charge is -2.06. The number of hydrogen-bond donors (Lipinski definition) is 2. The van der Waals surface area contributed by atoms with Crippen LogP contribution in [-0.4, -0.2) is 11.5 Å².